The number of benzene rings is 1. The summed E-state index contributed by atoms with van der Waals surface area (Å²) in [7, 11) is 2.17. The molecule has 0 saturated carbocycles. The van der Waals surface area contributed by atoms with Gasteiger partial charge in [-0.15, -0.1) is 0 Å². The Kier molecular flexibility index (Phi) is 4.16. The Hall–Kier alpha value is -2.41. The first kappa shape index (κ1) is 17.7. The standard InChI is InChI=1S/C21H22BrN5O/c1-13-15-5-6-19-17(4-3-8-25(19)2)16(15)7-9-26(13)21(28)18-10-20-23-11-14(22)12-27(20)24-18/h5-6,10-13H,3-4,7-9H2,1-2H3. The van der Waals surface area contributed by atoms with Crippen LogP contribution in [0.1, 0.15) is 46.6 Å². The van der Waals surface area contributed by atoms with Crippen molar-refractivity contribution in [2.45, 2.75) is 32.2 Å². The van der Waals surface area contributed by atoms with Gasteiger partial charge in [0.1, 0.15) is 0 Å². The molecule has 0 spiro atoms. The Labute approximate surface area is 172 Å². The SMILES string of the molecule is CC1c2ccc3c(c2CCN1C(=O)c1cc2ncc(Br)cn2n1)CCCN3C. The Morgan fingerprint density at radius 3 is 2.93 bits per heavy atom. The molecule has 0 N–H and O–H groups in total. The van der Waals surface area contributed by atoms with Gasteiger partial charge in [0.25, 0.3) is 5.91 Å². The summed E-state index contributed by atoms with van der Waals surface area (Å²) in [5.74, 6) is -0.0328. The molecule has 1 atom stereocenters. The van der Waals surface area contributed by atoms with E-state index in [1.807, 2.05) is 11.1 Å². The summed E-state index contributed by atoms with van der Waals surface area (Å²) in [6.45, 7) is 3.96. The van der Waals surface area contributed by atoms with Crippen molar-refractivity contribution in [2.24, 2.45) is 0 Å². The van der Waals surface area contributed by atoms with E-state index in [1.165, 1.54) is 28.8 Å². The van der Waals surface area contributed by atoms with Crippen molar-refractivity contribution < 1.29 is 4.79 Å². The van der Waals surface area contributed by atoms with Gasteiger partial charge in [-0.25, -0.2) is 9.50 Å². The zero-order chi connectivity index (χ0) is 19.4. The van der Waals surface area contributed by atoms with Gasteiger partial charge < -0.3 is 9.80 Å². The molecule has 6 nitrogen and oxygen atoms in total. The minimum absolute atomic E-state index is 0.0328. The number of halogens is 1. The van der Waals surface area contributed by atoms with Crippen LogP contribution in [0.25, 0.3) is 5.65 Å². The molecular weight excluding hydrogens is 418 g/mol. The lowest BCUT2D eigenvalue weighted by Crippen LogP contribution is -2.40. The van der Waals surface area contributed by atoms with E-state index in [-0.39, 0.29) is 11.9 Å². The molecule has 7 heteroatoms. The minimum Gasteiger partial charge on any atom is -0.374 e. The summed E-state index contributed by atoms with van der Waals surface area (Å²) >= 11 is 3.39. The summed E-state index contributed by atoms with van der Waals surface area (Å²) in [5.41, 5.74) is 6.67. The molecule has 3 aromatic rings. The molecular formula is C21H22BrN5O. The predicted molar refractivity (Wildman–Crippen MR) is 112 cm³/mol. The highest BCUT2D eigenvalue weighted by molar-refractivity contribution is 9.10. The summed E-state index contributed by atoms with van der Waals surface area (Å²) in [6.07, 6.45) is 6.76. The number of amides is 1. The molecule has 2 aliphatic heterocycles. The number of nitrogens with zero attached hydrogens (tertiary/aromatic N) is 5. The molecule has 144 valence electrons. The number of carbonyl (C=O) groups excluding carboxylic acids is 1. The average Bonchev–Trinajstić information content (AvgIpc) is 3.11. The van der Waals surface area contributed by atoms with E-state index in [1.54, 1.807) is 16.8 Å². The lowest BCUT2D eigenvalue weighted by Gasteiger charge is -2.38. The van der Waals surface area contributed by atoms with E-state index in [4.69, 9.17) is 0 Å². The zero-order valence-electron chi connectivity index (χ0n) is 16.0. The summed E-state index contributed by atoms with van der Waals surface area (Å²) < 4.78 is 2.48. The monoisotopic (exact) mass is 439 g/mol. The lowest BCUT2D eigenvalue weighted by molar-refractivity contribution is 0.0671. The maximum atomic E-state index is 13.2. The Bertz CT molecular complexity index is 1090. The summed E-state index contributed by atoms with van der Waals surface area (Å²) in [6, 6.07) is 6.24. The first-order valence-electron chi connectivity index (χ1n) is 9.70. The minimum atomic E-state index is -0.0328. The third-order valence-electron chi connectivity index (χ3n) is 6.06. The van der Waals surface area contributed by atoms with Crippen molar-refractivity contribution in [2.75, 3.05) is 25.0 Å². The van der Waals surface area contributed by atoms with Gasteiger partial charge in [0, 0.05) is 44.3 Å². The fourth-order valence-electron chi connectivity index (χ4n) is 4.61. The number of hydrogen-bond donors (Lipinski definition) is 0. The van der Waals surface area contributed by atoms with Crippen molar-refractivity contribution in [3.8, 4) is 0 Å². The first-order chi connectivity index (χ1) is 13.5. The van der Waals surface area contributed by atoms with Crippen molar-refractivity contribution in [3.05, 3.63) is 57.4 Å². The maximum absolute atomic E-state index is 13.2. The van der Waals surface area contributed by atoms with Crippen LogP contribution in [-0.2, 0) is 12.8 Å². The van der Waals surface area contributed by atoms with E-state index < -0.39 is 0 Å². The van der Waals surface area contributed by atoms with E-state index in [0.29, 0.717) is 11.3 Å². The number of hydrogen-bond acceptors (Lipinski definition) is 4. The van der Waals surface area contributed by atoms with E-state index >= 15 is 0 Å². The molecule has 1 unspecified atom stereocenters. The normalized spacial score (nSPS) is 18.9. The van der Waals surface area contributed by atoms with Gasteiger partial charge in [0.05, 0.1) is 10.5 Å². The van der Waals surface area contributed by atoms with E-state index in [0.717, 1.165) is 30.4 Å². The number of fused-ring (bicyclic) bond motifs is 4. The smallest absolute Gasteiger partial charge is 0.274 e. The fourth-order valence-corrected chi connectivity index (χ4v) is 4.91. The van der Waals surface area contributed by atoms with Crippen LogP contribution in [0.15, 0.2) is 35.1 Å². The van der Waals surface area contributed by atoms with Crippen LogP contribution in [-0.4, -0.2) is 45.5 Å². The highest BCUT2D eigenvalue weighted by atomic mass is 79.9. The number of anilines is 1. The molecule has 0 fully saturated rings. The third-order valence-corrected chi connectivity index (χ3v) is 6.47. The maximum Gasteiger partial charge on any atom is 0.274 e. The second kappa shape index (κ2) is 6.58. The van der Waals surface area contributed by atoms with Gasteiger partial charge in [-0.1, -0.05) is 6.07 Å². The van der Waals surface area contributed by atoms with Gasteiger partial charge in [0.15, 0.2) is 11.3 Å². The Balaban J connectivity index is 1.48. The van der Waals surface area contributed by atoms with Crippen LogP contribution in [0.2, 0.25) is 0 Å². The van der Waals surface area contributed by atoms with E-state index in [9.17, 15) is 4.79 Å². The first-order valence-corrected chi connectivity index (χ1v) is 10.5. The third kappa shape index (κ3) is 2.71. The van der Waals surface area contributed by atoms with Gasteiger partial charge in [0.2, 0.25) is 0 Å². The molecule has 1 amide bonds. The summed E-state index contributed by atoms with van der Waals surface area (Å²) in [4.78, 5) is 21.8. The van der Waals surface area contributed by atoms with Gasteiger partial charge in [-0.2, -0.15) is 5.10 Å². The van der Waals surface area contributed by atoms with E-state index in [2.05, 4.69) is 57.0 Å². The van der Waals surface area contributed by atoms with Crippen LogP contribution in [0.3, 0.4) is 0 Å². The predicted octanol–water partition coefficient (Wildman–Crippen LogP) is 3.63. The number of carbonyl (C=O) groups is 1. The average molecular weight is 440 g/mol. The highest BCUT2D eigenvalue weighted by Crippen LogP contribution is 2.38. The molecule has 0 bridgehead atoms. The quantitative estimate of drug-likeness (QED) is 0.580. The van der Waals surface area contributed by atoms with Crippen molar-refractivity contribution >= 4 is 33.2 Å². The van der Waals surface area contributed by atoms with Gasteiger partial charge >= 0.3 is 0 Å². The molecule has 2 aromatic heterocycles. The molecule has 1 aromatic carbocycles. The molecule has 5 rings (SSSR count). The fraction of sp³-hybridized carbons (Fsp3) is 0.381. The van der Waals surface area contributed by atoms with Crippen molar-refractivity contribution in [1.29, 1.82) is 0 Å². The highest BCUT2D eigenvalue weighted by Gasteiger charge is 2.32. The lowest BCUT2D eigenvalue weighted by atomic mass is 9.85. The van der Waals surface area contributed by atoms with Gasteiger partial charge in [-0.05, 0) is 64.9 Å². The van der Waals surface area contributed by atoms with Crippen LogP contribution in [0.5, 0.6) is 0 Å². The van der Waals surface area contributed by atoms with Crippen molar-refractivity contribution in [1.82, 2.24) is 19.5 Å². The van der Waals surface area contributed by atoms with Crippen LogP contribution >= 0.6 is 15.9 Å². The van der Waals surface area contributed by atoms with Crippen LogP contribution in [0, 0.1) is 0 Å². The largest absolute Gasteiger partial charge is 0.374 e. The second-order valence-corrected chi connectivity index (χ2v) is 8.60. The molecule has 0 aliphatic carbocycles. The van der Waals surface area contributed by atoms with Crippen LogP contribution in [0.4, 0.5) is 5.69 Å². The topological polar surface area (TPSA) is 53.7 Å². The molecule has 4 heterocycles. The van der Waals surface area contributed by atoms with Crippen molar-refractivity contribution in [3.63, 3.8) is 0 Å². The molecule has 0 radical (unpaired) electrons. The zero-order valence-corrected chi connectivity index (χ0v) is 17.6. The Morgan fingerprint density at radius 1 is 1.21 bits per heavy atom. The number of rotatable bonds is 1. The van der Waals surface area contributed by atoms with Crippen LogP contribution < -0.4 is 4.90 Å². The molecule has 28 heavy (non-hydrogen) atoms. The molecule has 0 saturated heterocycles. The Morgan fingerprint density at radius 2 is 2.07 bits per heavy atom. The number of aromatic nitrogens is 3. The second-order valence-electron chi connectivity index (χ2n) is 7.69. The van der Waals surface area contributed by atoms with Gasteiger partial charge in [-0.3, -0.25) is 4.79 Å². The summed E-state index contributed by atoms with van der Waals surface area (Å²) in [5, 5.41) is 4.45. The molecule has 2 aliphatic rings.